The maximum Gasteiger partial charge on any atom is 0.325 e. The van der Waals surface area contributed by atoms with Crippen molar-refractivity contribution in [2.45, 2.75) is 6.04 Å². The number of pyridine rings is 1. The van der Waals surface area contributed by atoms with Crippen LogP contribution >= 0.6 is 11.6 Å². The van der Waals surface area contributed by atoms with E-state index in [4.69, 9.17) is 11.6 Å². The number of nitrogens with zero attached hydrogens (tertiary/aromatic N) is 4. The normalized spacial score (nSPS) is 16.1. The summed E-state index contributed by atoms with van der Waals surface area (Å²) in [6.45, 7) is 2.29. The first-order valence-corrected chi connectivity index (χ1v) is 9.29. The number of piperazine rings is 1. The quantitative estimate of drug-likeness (QED) is 0.704. The van der Waals surface area contributed by atoms with Crippen molar-refractivity contribution in [2.75, 3.05) is 31.1 Å². The molecule has 1 fully saturated rings. The first-order chi connectivity index (χ1) is 13.6. The summed E-state index contributed by atoms with van der Waals surface area (Å²) in [4.78, 5) is 23.6. The molecule has 7 nitrogen and oxygen atoms in total. The Morgan fingerprint density at radius 1 is 1.29 bits per heavy atom. The van der Waals surface area contributed by atoms with Gasteiger partial charge in [0.2, 0.25) is 0 Å². The number of hydrogen-bond acceptors (Lipinski definition) is 5. The Bertz CT molecular complexity index is 1070. The van der Waals surface area contributed by atoms with Gasteiger partial charge in [0.1, 0.15) is 17.9 Å². The Kier molecular flexibility index (Phi) is 4.90. The largest absolute Gasteiger partial charge is 0.480 e. The SMILES string of the molecule is N#Cc1cccnc1N1CCN([C@@H](C(=O)O)c2c[nH]c3ccc(Cl)cc23)CC1. The fourth-order valence-corrected chi connectivity index (χ4v) is 3.93. The number of halogens is 1. The van der Waals surface area contributed by atoms with E-state index < -0.39 is 12.0 Å². The summed E-state index contributed by atoms with van der Waals surface area (Å²) in [6.07, 6.45) is 3.41. The average molecular weight is 396 g/mol. The highest BCUT2D eigenvalue weighted by Gasteiger charge is 2.32. The molecule has 1 aliphatic rings. The van der Waals surface area contributed by atoms with Crippen LogP contribution in [0.25, 0.3) is 10.9 Å². The van der Waals surface area contributed by atoms with Gasteiger partial charge < -0.3 is 15.0 Å². The molecular formula is C20H18ClN5O2. The molecule has 0 bridgehead atoms. The van der Waals surface area contributed by atoms with Crippen molar-refractivity contribution in [3.63, 3.8) is 0 Å². The second-order valence-electron chi connectivity index (χ2n) is 6.68. The zero-order chi connectivity index (χ0) is 19.7. The number of aromatic nitrogens is 2. The summed E-state index contributed by atoms with van der Waals surface area (Å²) in [7, 11) is 0. The second-order valence-corrected chi connectivity index (χ2v) is 7.12. The van der Waals surface area contributed by atoms with Crippen molar-refractivity contribution in [3.05, 3.63) is 58.9 Å². The Hall–Kier alpha value is -3.08. The van der Waals surface area contributed by atoms with Gasteiger partial charge in [0, 0.05) is 60.1 Å². The molecule has 0 amide bonds. The number of carbonyl (C=O) groups is 1. The lowest BCUT2D eigenvalue weighted by atomic mass is 10.0. The van der Waals surface area contributed by atoms with Crippen molar-refractivity contribution in [1.29, 1.82) is 5.26 Å². The van der Waals surface area contributed by atoms with Crippen LogP contribution in [0.15, 0.2) is 42.7 Å². The highest BCUT2D eigenvalue weighted by atomic mass is 35.5. The van der Waals surface area contributed by atoms with Crippen LogP contribution in [-0.2, 0) is 4.79 Å². The average Bonchev–Trinajstić information content (AvgIpc) is 3.11. The number of H-pyrrole nitrogens is 1. The summed E-state index contributed by atoms with van der Waals surface area (Å²) in [5, 5.41) is 20.6. The maximum absolute atomic E-state index is 12.1. The van der Waals surface area contributed by atoms with Gasteiger partial charge in [0.05, 0.1) is 5.56 Å². The van der Waals surface area contributed by atoms with E-state index in [0.717, 1.165) is 10.9 Å². The standard InChI is InChI=1S/C20H18ClN5O2/c21-14-3-4-17-15(10-14)16(12-24-17)18(20(27)28)25-6-8-26(9-7-25)19-13(11-22)2-1-5-23-19/h1-5,10,12,18,24H,6-9H2,(H,27,28)/t18-/m1/s1. The van der Waals surface area contributed by atoms with Gasteiger partial charge in [-0.05, 0) is 30.3 Å². The van der Waals surface area contributed by atoms with Gasteiger partial charge in [0.15, 0.2) is 0 Å². The number of nitrogens with one attached hydrogen (secondary N) is 1. The number of nitriles is 1. The zero-order valence-electron chi connectivity index (χ0n) is 15.0. The molecule has 0 aliphatic carbocycles. The molecule has 3 aromatic rings. The Labute approximate surface area is 166 Å². The Morgan fingerprint density at radius 2 is 2.07 bits per heavy atom. The van der Waals surface area contributed by atoms with Crippen molar-refractivity contribution in [2.24, 2.45) is 0 Å². The van der Waals surface area contributed by atoms with Crippen LogP contribution in [0.4, 0.5) is 5.82 Å². The van der Waals surface area contributed by atoms with Crippen LogP contribution in [-0.4, -0.2) is 52.1 Å². The summed E-state index contributed by atoms with van der Waals surface area (Å²) >= 11 is 6.12. The number of carboxylic acids is 1. The third kappa shape index (κ3) is 3.28. The van der Waals surface area contributed by atoms with Gasteiger partial charge in [-0.3, -0.25) is 9.69 Å². The van der Waals surface area contributed by atoms with E-state index in [1.165, 1.54) is 0 Å². The number of rotatable bonds is 4. The first kappa shape index (κ1) is 18.3. The third-order valence-electron chi connectivity index (χ3n) is 5.09. The predicted molar refractivity (Wildman–Crippen MR) is 106 cm³/mol. The van der Waals surface area contributed by atoms with Crippen molar-refractivity contribution < 1.29 is 9.90 Å². The minimum absolute atomic E-state index is 0.525. The van der Waals surface area contributed by atoms with Gasteiger partial charge >= 0.3 is 5.97 Å². The topological polar surface area (TPSA) is 96.2 Å². The molecule has 0 radical (unpaired) electrons. The van der Waals surface area contributed by atoms with Crippen molar-refractivity contribution in [1.82, 2.24) is 14.9 Å². The van der Waals surface area contributed by atoms with Gasteiger partial charge in [-0.15, -0.1) is 0 Å². The summed E-state index contributed by atoms with van der Waals surface area (Å²) in [5.41, 5.74) is 2.09. The van der Waals surface area contributed by atoms with E-state index >= 15 is 0 Å². The summed E-state index contributed by atoms with van der Waals surface area (Å²) < 4.78 is 0. The Morgan fingerprint density at radius 3 is 2.79 bits per heavy atom. The Balaban J connectivity index is 1.58. The molecule has 1 aromatic carbocycles. The molecule has 1 saturated heterocycles. The number of benzene rings is 1. The molecule has 3 heterocycles. The molecule has 1 aliphatic heterocycles. The van der Waals surface area contributed by atoms with E-state index in [1.807, 2.05) is 15.9 Å². The molecule has 0 saturated carbocycles. The molecule has 2 N–H and O–H groups in total. The van der Waals surface area contributed by atoms with Gasteiger partial charge in [-0.25, -0.2) is 4.98 Å². The first-order valence-electron chi connectivity index (χ1n) is 8.92. The molecular weight excluding hydrogens is 378 g/mol. The van der Waals surface area contributed by atoms with Crippen LogP contribution in [0.1, 0.15) is 17.2 Å². The van der Waals surface area contributed by atoms with Gasteiger partial charge in [-0.2, -0.15) is 5.26 Å². The van der Waals surface area contributed by atoms with E-state index in [2.05, 4.69) is 16.0 Å². The van der Waals surface area contributed by atoms with E-state index in [-0.39, 0.29) is 0 Å². The molecule has 8 heteroatoms. The van der Waals surface area contributed by atoms with Crippen LogP contribution < -0.4 is 4.90 Å². The maximum atomic E-state index is 12.1. The number of aromatic amines is 1. The fourth-order valence-electron chi connectivity index (χ4n) is 3.75. The fraction of sp³-hybridized carbons (Fsp3) is 0.250. The number of anilines is 1. The number of fused-ring (bicyclic) bond motifs is 1. The lowest BCUT2D eigenvalue weighted by Gasteiger charge is -2.38. The number of carboxylic acid groups (broad SMARTS) is 1. The molecule has 0 spiro atoms. The lowest BCUT2D eigenvalue weighted by Crippen LogP contribution is -2.49. The lowest BCUT2D eigenvalue weighted by molar-refractivity contribution is -0.143. The van der Waals surface area contributed by atoms with Crippen LogP contribution in [0.3, 0.4) is 0 Å². The molecule has 2 aromatic heterocycles. The van der Waals surface area contributed by atoms with E-state index in [9.17, 15) is 15.2 Å². The second kappa shape index (κ2) is 7.50. The summed E-state index contributed by atoms with van der Waals surface area (Å²) in [5.74, 6) is -0.250. The van der Waals surface area contributed by atoms with E-state index in [0.29, 0.717) is 48.1 Å². The highest BCUT2D eigenvalue weighted by molar-refractivity contribution is 6.31. The number of hydrogen-bond donors (Lipinski definition) is 2. The smallest absolute Gasteiger partial charge is 0.325 e. The molecule has 1 atom stereocenters. The number of aliphatic carboxylic acids is 1. The van der Waals surface area contributed by atoms with Crippen LogP contribution in [0.2, 0.25) is 5.02 Å². The molecule has 28 heavy (non-hydrogen) atoms. The molecule has 4 rings (SSSR count). The van der Waals surface area contributed by atoms with E-state index in [1.54, 1.807) is 36.7 Å². The van der Waals surface area contributed by atoms with Crippen molar-refractivity contribution >= 4 is 34.3 Å². The zero-order valence-corrected chi connectivity index (χ0v) is 15.7. The van der Waals surface area contributed by atoms with Crippen LogP contribution in [0.5, 0.6) is 0 Å². The summed E-state index contributed by atoms with van der Waals surface area (Å²) in [6, 6.07) is 10.3. The monoisotopic (exact) mass is 395 g/mol. The minimum atomic E-state index is -0.898. The van der Waals surface area contributed by atoms with Crippen molar-refractivity contribution in [3.8, 4) is 6.07 Å². The van der Waals surface area contributed by atoms with Crippen LogP contribution in [0, 0.1) is 11.3 Å². The third-order valence-corrected chi connectivity index (χ3v) is 5.33. The molecule has 142 valence electrons. The van der Waals surface area contributed by atoms with Gasteiger partial charge in [-0.1, -0.05) is 11.6 Å². The predicted octanol–water partition coefficient (Wildman–Crippen LogP) is 3.04. The highest BCUT2D eigenvalue weighted by Crippen LogP contribution is 2.31. The van der Waals surface area contributed by atoms with Gasteiger partial charge in [0.25, 0.3) is 0 Å². The molecule has 0 unspecified atom stereocenters. The minimum Gasteiger partial charge on any atom is -0.480 e.